The number of amides is 1. The van der Waals surface area contributed by atoms with Gasteiger partial charge in [0.05, 0.1) is 0 Å². The zero-order valence-corrected chi connectivity index (χ0v) is 14.4. The van der Waals surface area contributed by atoms with Crippen LogP contribution >= 0.6 is 0 Å². The number of carbonyl (C=O) groups excluding carboxylic acids is 2. The van der Waals surface area contributed by atoms with E-state index in [1.54, 1.807) is 4.90 Å². The number of aryl methyl sites for hydroxylation is 1. The first-order valence-electron chi connectivity index (χ1n) is 8.86. The van der Waals surface area contributed by atoms with Crippen LogP contribution in [0.3, 0.4) is 0 Å². The molecule has 3 nitrogen and oxygen atoms in total. The number of ketones is 1. The van der Waals surface area contributed by atoms with Gasteiger partial charge in [-0.25, -0.2) is 0 Å². The molecule has 1 aliphatic heterocycles. The Morgan fingerprint density at radius 1 is 0.960 bits per heavy atom. The third kappa shape index (κ3) is 2.80. The summed E-state index contributed by atoms with van der Waals surface area (Å²) in [4.78, 5) is 27.6. The highest BCUT2D eigenvalue weighted by Crippen LogP contribution is 2.43. The SMILES string of the molecule is Cc1cccc(N2C(=O)CC(c3ccccc3)C3=C2CCCC3=O)c1. The quantitative estimate of drug-likeness (QED) is 0.811. The Bertz CT molecular complexity index is 867. The van der Waals surface area contributed by atoms with Gasteiger partial charge in [-0.3, -0.25) is 14.5 Å². The van der Waals surface area contributed by atoms with Crippen LogP contribution in [0, 0.1) is 6.92 Å². The normalized spacial score (nSPS) is 20.7. The van der Waals surface area contributed by atoms with Crippen LogP contribution in [-0.4, -0.2) is 11.7 Å². The molecule has 4 rings (SSSR count). The molecule has 0 saturated heterocycles. The van der Waals surface area contributed by atoms with Crippen LogP contribution in [0.1, 0.15) is 42.7 Å². The van der Waals surface area contributed by atoms with E-state index in [2.05, 4.69) is 0 Å². The molecular formula is C22H21NO2. The maximum atomic E-state index is 13.0. The molecule has 0 spiro atoms. The van der Waals surface area contributed by atoms with Crippen LogP contribution in [0.4, 0.5) is 5.69 Å². The van der Waals surface area contributed by atoms with E-state index in [9.17, 15) is 9.59 Å². The predicted molar refractivity (Wildman–Crippen MR) is 98.3 cm³/mol. The minimum absolute atomic E-state index is 0.0768. The Morgan fingerprint density at radius 3 is 2.52 bits per heavy atom. The second kappa shape index (κ2) is 6.32. The Labute approximate surface area is 148 Å². The molecule has 0 saturated carbocycles. The molecule has 1 heterocycles. The lowest BCUT2D eigenvalue weighted by Crippen LogP contribution is -2.40. The molecule has 25 heavy (non-hydrogen) atoms. The Kier molecular flexibility index (Phi) is 4.00. The summed E-state index contributed by atoms with van der Waals surface area (Å²) < 4.78 is 0. The first kappa shape index (κ1) is 15.8. The number of hydrogen-bond acceptors (Lipinski definition) is 2. The van der Waals surface area contributed by atoms with Crippen LogP contribution in [-0.2, 0) is 9.59 Å². The predicted octanol–water partition coefficient (Wildman–Crippen LogP) is 4.52. The van der Waals surface area contributed by atoms with Gasteiger partial charge in [-0.1, -0.05) is 42.5 Å². The number of rotatable bonds is 2. The van der Waals surface area contributed by atoms with Gasteiger partial charge in [0.1, 0.15) is 0 Å². The van der Waals surface area contributed by atoms with Gasteiger partial charge in [0, 0.05) is 35.7 Å². The second-order valence-corrected chi connectivity index (χ2v) is 6.87. The highest BCUT2D eigenvalue weighted by Gasteiger charge is 2.39. The van der Waals surface area contributed by atoms with Crippen LogP contribution < -0.4 is 4.90 Å². The Balaban J connectivity index is 1.87. The minimum Gasteiger partial charge on any atom is -0.294 e. The smallest absolute Gasteiger partial charge is 0.232 e. The first-order chi connectivity index (χ1) is 12.1. The fraction of sp³-hybridized carbons (Fsp3) is 0.273. The molecule has 3 heteroatoms. The topological polar surface area (TPSA) is 37.4 Å². The van der Waals surface area contributed by atoms with E-state index in [1.165, 1.54) is 0 Å². The molecule has 0 bridgehead atoms. The highest BCUT2D eigenvalue weighted by molar-refractivity contribution is 6.07. The van der Waals surface area contributed by atoms with Crippen molar-refractivity contribution in [1.82, 2.24) is 0 Å². The van der Waals surface area contributed by atoms with Crippen molar-refractivity contribution in [3.05, 3.63) is 77.0 Å². The fourth-order valence-corrected chi connectivity index (χ4v) is 4.03. The van der Waals surface area contributed by atoms with Gasteiger partial charge >= 0.3 is 0 Å². The molecule has 2 aliphatic rings. The van der Waals surface area contributed by atoms with E-state index in [0.29, 0.717) is 12.8 Å². The molecule has 126 valence electrons. The van der Waals surface area contributed by atoms with Crippen LogP contribution in [0.2, 0.25) is 0 Å². The van der Waals surface area contributed by atoms with Gasteiger partial charge < -0.3 is 0 Å². The Morgan fingerprint density at radius 2 is 1.76 bits per heavy atom. The van der Waals surface area contributed by atoms with Crippen LogP contribution in [0.25, 0.3) is 0 Å². The van der Waals surface area contributed by atoms with Crippen molar-refractivity contribution in [2.45, 2.75) is 38.5 Å². The molecule has 2 aromatic carbocycles. The van der Waals surface area contributed by atoms with Gasteiger partial charge in [0.15, 0.2) is 5.78 Å². The van der Waals surface area contributed by atoms with E-state index in [1.807, 2.05) is 61.5 Å². The van der Waals surface area contributed by atoms with E-state index in [4.69, 9.17) is 0 Å². The number of anilines is 1. The Hall–Kier alpha value is -2.68. The summed E-state index contributed by atoms with van der Waals surface area (Å²) in [6.07, 6.45) is 2.53. The van der Waals surface area contributed by atoms with Gasteiger partial charge in [-0.2, -0.15) is 0 Å². The molecule has 0 fully saturated rings. The number of carbonyl (C=O) groups is 2. The largest absolute Gasteiger partial charge is 0.294 e. The lowest BCUT2D eigenvalue weighted by molar-refractivity contribution is -0.119. The summed E-state index contributed by atoms with van der Waals surface area (Å²) in [7, 11) is 0. The summed E-state index contributed by atoms with van der Waals surface area (Å²) in [5.41, 5.74) is 4.80. The molecule has 2 aromatic rings. The second-order valence-electron chi connectivity index (χ2n) is 6.87. The van der Waals surface area contributed by atoms with E-state index < -0.39 is 0 Å². The molecule has 0 N–H and O–H groups in total. The highest BCUT2D eigenvalue weighted by atomic mass is 16.2. The van der Waals surface area contributed by atoms with Crippen LogP contribution in [0.15, 0.2) is 65.9 Å². The average molecular weight is 331 g/mol. The molecule has 0 aromatic heterocycles. The number of allylic oxidation sites excluding steroid dienone is 2. The van der Waals surface area contributed by atoms with E-state index in [-0.39, 0.29) is 17.6 Å². The number of benzene rings is 2. The summed E-state index contributed by atoms with van der Waals surface area (Å²) in [5.74, 6) is 0.158. The summed E-state index contributed by atoms with van der Waals surface area (Å²) in [6.45, 7) is 2.02. The summed E-state index contributed by atoms with van der Waals surface area (Å²) in [5, 5.41) is 0. The van der Waals surface area contributed by atoms with Crippen molar-refractivity contribution in [3.8, 4) is 0 Å². The minimum atomic E-state index is -0.113. The maximum Gasteiger partial charge on any atom is 0.232 e. The van der Waals surface area contributed by atoms with Crippen LogP contribution in [0.5, 0.6) is 0 Å². The third-order valence-corrected chi connectivity index (χ3v) is 5.14. The molecular weight excluding hydrogens is 310 g/mol. The zero-order valence-electron chi connectivity index (χ0n) is 14.4. The van der Waals surface area contributed by atoms with Crippen molar-refractivity contribution < 1.29 is 9.59 Å². The molecule has 1 atom stereocenters. The van der Waals surface area contributed by atoms with E-state index in [0.717, 1.165) is 40.9 Å². The number of Topliss-reactive ketones (excluding diaryl/α,β-unsaturated/α-hetero) is 1. The average Bonchev–Trinajstić information content (AvgIpc) is 2.62. The zero-order chi connectivity index (χ0) is 17.4. The molecule has 1 unspecified atom stereocenters. The van der Waals surface area contributed by atoms with Gasteiger partial charge in [-0.05, 0) is 43.0 Å². The monoisotopic (exact) mass is 331 g/mol. The lowest BCUT2D eigenvalue weighted by Gasteiger charge is -2.38. The van der Waals surface area contributed by atoms with Crippen molar-refractivity contribution in [1.29, 1.82) is 0 Å². The van der Waals surface area contributed by atoms with Crippen molar-refractivity contribution >= 4 is 17.4 Å². The standard InChI is InChI=1S/C22H21NO2/c1-15-7-5-10-17(13-15)23-19-11-6-12-20(24)22(19)18(14-21(23)25)16-8-3-2-4-9-16/h2-5,7-10,13,18H,6,11-12,14H2,1H3. The molecule has 1 amide bonds. The van der Waals surface area contributed by atoms with Crippen molar-refractivity contribution in [2.24, 2.45) is 0 Å². The number of nitrogens with zero attached hydrogens (tertiary/aromatic N) is 1. The van der Waals surface area contributed by atoms with Crippen molar-refractivity contribution in [3.63, 3.8) is 0 Å². The fourth-order valence-electron chi connectivity index (χ4n) is 4.03. The summed E-state index contributed by atoms with van der Waals surface area (Å²) >= 11 is 0. The summed E-state index contributed by atoms with van der Waals surface area (Å²) in [6, 6.07) is 17.9. The molecule has 1 aliphatic carbocycles. The third-order valence-electron chi connectivity index (χ3n) is 5.14. The lowest BCUT2D eigenvalue weighted by atomic mass is 9.77. The van der Waals surface area contributed by atoms with Gasteiger partial charge in [0.2, 0.25) is 5.91 Å². The van der Waals surface area contributed by atoms with Gasteiger partial charge in [-0.15, -0.1) is 0 Å². The number of hydrogen-bond donors (Lipinski definition) is 0. The maximum absolute atomic E-state index is 13.0. The first-order valence-corrected chi connectivity index (χ1v) is 8.86. The van der Waals surface area contributed by atoms with Crippen molar-refractivity contribution in [2.75, 3.05) is 4.90 Å². The molecule has 0 radical (unpaired) electrons. The van der Waals surface area contributed by atoms with E-state index >= 15 is 0 Å². The van der Waals surface area contributed by atoms with Gasteiger partial charge in [0.25, 0.3) is 0 Å².